The van der Waals surface area contributed by atoms with Gasteiger partial charge in [0, 0.05) is 12.7 Å². The fourth-order valence-corrected chi connectivity index (χ4v) is 3.53. The van der Waals surface area contributed by atoms with Gasteiger partial charge in [-0.25, -0.2) is 4.68 Å². The van der Waals surface area contributed by atoms with E-state index in [0.717, 1.165) is 5.56 Å². The summed E-state index contributed by atoms with van der Waals surface area (Å²) in [6, 6.07) is 11.1. The molecule has 0 bridgehead atoms. The molecule has 0 fully saturated rings. The highest BCUT2D eigenvalue weighted by Crippen LogP contribution is 2.33. The number of nitrogens with zero attached hydrogens (tertiary/aromatic N) is 3. The summed E-state index contributed by atoms with van der Waals surface area (Å²) in [4.78, 5) is 13.3. The average molecular weight is 483 g/mol. The topological polar surface area (TPSA) is 108 Å². The van der Waals surface area contributed by atoms with Crippen LogP contribution in [0.1, 0.15) is 55.4 Å². The van der Waals surface area contributed by atoms with Crippen LogP contribution >= 0.6 is 0 Å². The molecule has 1 heterocycles. The smallest absolute Gasteiger partial charge is 0.278 e. The molecule has 0 unspecified atom stereocenters. The number of carbonyl (C=O) groups excluding carboxylic acids is 1. The molecular formula is C26H34N4O5. The van der Waals surface area contributed by atoms with Gasteiger partial charge in [-0.3, -0.25) is 4.79 Å². The summed E-state index contributed by atoms with van der Waals surface area (Å²) in [5.74, 6) is 1.36. The average Bonchev–Trinajstić information content (AvgIpc) is 3.22. The van der Waals surface area contributed by atoms with Crippen LogP contribution in [0.15, 0.2) is 36.4 Å². The molecule has 188 valence electrons. The normalized spacial score (nSPS) is 11.3. The molecule has 0 aliphatic heterocycles. The molecule has 0 spiro atoms. The van der Waals surface area contributed by atoms with Crippen LogP contribution in [0.4, 0.5) is 5.69 Å². The van der Waals surface area contributed by atoms with E-state index in [0.29, 0.717) is 53.8 Å². The van der Waals surface area contributed by atoms with Crippen molar-refractivity contribution in [2.75, 3.05) is 32.8 Å². The molecule has 0 radical (unpaired) electrons. The number of carbonyl (C=O) groups is 1. The first-order chi connectivity index (χ1) is 16.7. The zero-order valence-corrected chi connectivity index (χ0v) is 21.2. The third-order valence-electron chi connectivity index (χ3n) is 5.63. The van der Waals surface area contributed by atoms with E-state index >= 15 is 0 Å². The number of amides is 1. The lowest BCUT2D eigenvalue weighted by atomic mass is 9.87. The minimum atomic E-state index is -0.401. The highest BCUT2D eigenvalue weighted by molar-refractivity contribution is 6.04. The number of aliphatic hydroxyl groups is 1. The van der Waals surface area contributed by atoms with Gasteiger partial charge < -0.3 is 24.6 Å². The molecule has 0 saturated heterocycles. The van der Waals surface area contributed by atoms with Gasteiger partial charge in [-0.15, -0.1) is 5.10 Å². The Morgan fingerprint density at radius 2 is 1.80 bits per heavy atom. The molecule has 0 aliphatic carbocycles. The van der Waals surface area contributed by atoms with Crippen LogP contribution < -0.4 is 19.5 Å². The van der Waals surface area contributed by atoms with Crippen LogP contribution in [-0.2, 0) is 5.41 Å². The summed E-state index contributed by atoms with van der Waals surface area (Å²) in [5, 5.41) is 20.3. The number of hydrogen-bond acceptors (Lipinski definition) is 7. The van der Waals surface area contributed by atoms with Crippen molar-refractivity contribution >= 4 is 11.6 Å². The molecule has 2 aromatic carbocycles. The molecule has 3 aromatic rings. The molecule has 0 atom stereocenters. The van der Waals surface area contributed by atoms with E-state index in [4.69, 9.17) is 19.3 Å². The molecule has 0 saturated carbocycles. The number of nitrogens with one attached hydrogen (secondary N) is 1. The number of methoxy groups -OCH3 is 2. The second-order valence-corrected chi connectivity index (χ2v) is 9.17. The maximum Gasteiger partial charge on any atom is 0.278 e. The fourth-order valence-electron chi connectivity index (χ4n) is 3.53. The van der Waals surface area contributed by atoms with Gasteiger partial charge in [0.05, 0.1) is 32.2 Å². The first-order valence-corrected chi connectivity index (χ1v) is 11.5. The van der Waals surface area contributed by atoms with Crippen molar-refractivity contribution in [3.8, 4) is 22.9 Å². The zero-order valence-electron chi connectivity index (χ0n) is 21.2. The number of unbranched alkanes of at least 4 members (excludes halogenated alkanes) is 1. The van der Waals surface area contributed by atoms with Crippen LogP contribution in [0.2, 0.25) is 0 Å². The van der Waals surface area contributed by atoms with Crippen LogP contribution in [0.25, 0.3) is 5.69 Å². The lowest BCUT2D eigenvalue weighted by molar-refractivity contribution is 0.102. The van der Waals surface area contributed by atoms with Gasteiger partial charge in [0.1, 0.15) is 22.9 Å². The van der Waals surface area contributed by atoms with Crippen LogP contribution in [-0.4, -0.2) is 53.4 Å². The molecule has 1 amide bonds. The molecule has 3 rings (SSSR count). The van der Waals surface area contributed by atoms with Crippen molar-refractivity contribution in [2.45, 2.75) is 46.0 Å². The summed E-state index contributed by atoms with van der Waals surface area (Å²) in [6.45, 7) is 8.63. The molecule has 2 N–H and O–H groups in total. The molecule has 0 aliphatic rings. The summed E-state index contributed by atoms with van der Waals surface area (Å²) >= 11 is 0. The first kappa shape index (κ1) is 26.0. The molecule has 1 aromatic heterocycles. The van der Waals surface area contributed by atoms with Gasteiger partial charge in [-0.1, -0.05) is 32.1 Å². The number of hydrogen-bond donors (Lipinski definition) is 2. The number of rotatable bonds is 10. The monoisotopic (exact) mass is 482 g/mol. The van der Waals surface area contributed by atoms with Gasteiger partial charge in [0.2, 0.25) is 0 Å². The Morgan fingerprint density at radius 1 is 1.06 bits per heavy atom. The van der Waals surface area contributed by atoms with Gasteiger partial charge in [0.15, 0.2) is 5.69 Å². The minimum absolute atomic E-state index is 0.114. The number of ether oxygens (including phenoxy) is 3. The van der Waals surface area contributed by atoms with Crippen molar-refractivity contribution in [1.82, 2.24) is 15.0 Å². The third kappa shape index (κ3) is 6.10. The Bertz CT molecular complexity index is 1170. The number of aromatic nitrogens is 3. The molecular weight excluding hydrogens is 448 g/mol. The van der Waals surface area contributed by atoms with Crippen LogP contribution in [0.3, 0.4) is 0 Å². The van der Waals surface area contributed by atoms with E-state index in [1.807, 2.05) is 18.2 Å². The maximum absolute atomic E-state index is 13.3. The van der Waals surface area contributed by atoms with Crippen LogP contribution in [0.5, 0.6) is 17.2 Å². The standard InChI is InChI=1S/C26H34N4O5/c1-17-24(28-29-30(17)21-16-19(33-5)10-12-23(21)34-6)25(32)27-20-15-18(26(2,3)4)9-11-22(20)35-14-8-7-13-31/h9-12,15-16,31H,7-8,13-14H2,1-6H3,(H,27,32). The molecule has 35 heavy (non-hydrogen) atoms. The van der Waals surface area contributed by atoms with Gasteiger partial charge in [-0.05, 0) is 55.0 Å². The Labute approximate surface area is 206 Å². The molecule has 9 heteroatoms. The summed E-state index contributed by atoms with van der Waals surface area (Å²) < 4.78 is 18.2. The number of benzene rings is 2. The van der Waals surface area contributed by atoms with E-state index in [2.05, 4.69) is 36.4 Å². The van der Waals surface area contributed by atoms with Crippen molar-refractivity contribution in [1.29, 1.82) is 0 Å². The fraction of sp³-hybridized carbons (Fsp3) is 0.423. The zero-order chi connectivity index (χ0) is 25.6. The van der Waals surface area contributed by atoms with Gasteiger partial charge >= 0.3 is 0 Å². The Hall–Kier alpha value is -3.59. The first-order valence-electron chi connectivity index (χ1n) is 11.5. The SMILES string of the molecule is COc1ccc(OC)c(-n2nnc(C(=O)Nc3cc(C(C)(C)C)ccc3OCCCCO)c2C)c1. The largest absolute Gasteiger partial charge is 0.497 e. The van der Waals surface area contributed by atoms with Crippen LogP contribution in [0, 0.1) is 6.92 Å². The second kappa shape index (κ2) is 11.2. The Kier molecular flexibility index (Phi) is 8.34. The van der Waals surface area contributed by atoms with Crippen molar-refractivity contribution in [2.24, 2.45) is 0 Å². The van der Waals surface area contributed by atoms with E-state index in [-0.39, 0.29) is 17.7 Å². The predicted molar refractivity (Wildman–Crippen MR) is 134 cm³/mol. The van der Waals surface area contributed by atoms with E-state index in [1.54, 1.807) is 44.0 Å². The quantitative estimate of drug-likeness (QED) is 0.415. The Balaban J connectivity index is 1.92. The lowest BCUT2D eigenvalue weighted by Gasteiger charge is -2.21. The van der Waals surface area contributed by atoms with E-state index in [1.165, 1.54) is 0 Å². The lowest BCUT2D eigenvalue weighted by Crippen LogP contribution is -2.17. The third-order valence-corrected chi connectivity index (χ3v) is 5.63. The molecule has 9 nitrogen and oxygen atoms in total. The highest BCUT2D eigenvalue weighted by atomic mass is 16.5. The number of aliphatic hydroxyl groups excluding tert-OH is 1. The minimum Gasteiger partial charge on any atom is -0.497 e. The number of anilines is 1. The summed E-state index contributed by atoms with van der Waals surface area (Å²) in [6.07, 6.45) is 1.36. The van der Waals surface area contributed by atoms with Crippen molar-refractivity contribution in [3.63, 3.8) is 0 Å². The van der Waals surface area contributed by atoms with E-state index in [9.17, 15) is 4.79 Å². The van der Waals surface area contributed by atoms with Gasteiger partial charge in [0.25, 0.3) is 5.91 Å². The predicted octanol–water partition coefficient (Wildman–Crippen LogP) is 4.29. The summed E-state index contributed by atoms with van der Waals surface area (Å²) in [7, 11) is 3.14. The second-order valence-electron chi connectivity index (χ2n) is 9.17. The Morgan fingerprint density at radius 3 is 2.46 bits per heavy atom. The van der Waals surface area contributed by atoms with Crippen molar-refractivity contribution in [3.05, 3.63) is 53.3 Å². The highest BCUT2D eigenvalue weighted by Gasteiger charge is 2.22. The van der Waals surface area contributed by atoms with Crippen molar-refractivity contribution < 1.29 is 24.1 Å². The van der Waals surface area contributed by atoms with Gasteiger partial charge in [-0.2, -0.15) is 0 Å². The maximum atomic E-state index is 13.3. The summed E-state index contributed by atoms with van der Waals surface area (Å²) in [5.41, 5.74) is 2.83. The van der Waals surface area contributed by atoms with E-state index < -0.39 is 5.91 Å².